The fourth-order valence-electron chi connectivity index (χ4n) is 3.23. The molecule has 24 heavy (non-hydrogen) atoms. The summed E-state index contributed by atoms with van der Waals surface area (Å²) in [5, 5.41) is 9.93. The van der Waals surface area contributed by atoms with Crippen molar-refractivity contribution in [3.8, 4) is 11.8 Å². The Hall–Kier alpha value is -1.96. The second-order valence-corrected chi connectivity index (χ2v) is 6.88. The van der Waals surface area contributed by atoms with Crippen molar-refractivity contribution in [1.82, 2.24) is 16.0 Å². The Bertz CT molecular complexity index is 708. The lowest BCUT2D eigenvalue weighted by Crippen LogP contribution is -2.46. The second-order valence-electron chi connectivity index (χ2n) is 6.44. The van der Waals surface area contributed by atoms with Crippen molar-refractivity contribution >= 4 is 17.5 Å². The zero-order valence-corrected chi connectivity index (χ0v) is 14.5. The van der Waals surface area contributed by atoms with Crippen LogP contribution < -0.4 is 16.0 Å². The minimum atomic E-state index is -0.464. The Morgan fingerprint density at radius 2 is 2.33 bits per heavy atom. The van der Waals surface area contributed by atoms with Gasteiger partial charge < -0.3 is 16.0 Å². The second kappa shape index (κ2) is 7.29. The quantitative estimate of drug-likeness (QED) is 0.674. The first kappa shape index (κ1) is 16.9. The summed E-state index contributed by atoms with van der Waals surface area (Å²) in [6.07, 6.45) is 7.15. The molecule has 2 aliphatic heterocycles. The lowest BCUT2D eigenvalue weighted by molar-refractivity contribution is -0.127. The summed E-state index contributed by atoms with van der Waals surface area (Å²) in [7, 11) is 0. The molecule has 3 atom stereocenters. The molecule has 1 unspecified atom stereocenters. The van der Waals surface area contributed by atoms with Crippen LogP contribution in [0.4, 0.5) is 0 Å². The number of carbonyl (C=O) groups is 1. The maximum absolute atomic E-state index is 12.6. The molecule has 3 N–H and O–H groups in total. The number of hydrogen-bond donors (Lipinski definition) is 3. The van der Waals surface area contributed by atoms with Gasteiger partial charge in [-0.3, -0.25) is 4.79 Å². The van der Waals surface area contributed by atoms with Crippen LogP contribution in [0.1, 0.15) is 19.8 Å². The van der Waals surface area contributed by atoms with Gasteiger partial charge in [0.1, 0.15) is 6.04 Å². The molecular weight excluding hydrogens is 322 g/mol. The third kappa shape index (κ3) is 3.58. The number of piperidine rings is 1. The number of hydrogen-bond acceptors (Lipinski definition) is 3. The Labute approximate surface area is 148 Å². The van der Waals surface area contributed by atoms with Gasteiger partial charge in [0.2, 0.25) is 5.91 Å². The van der Waals surface area contributed by atoms with E-state index in [1.807, 2.05) is 18.4 Å². The highest BCUT2D eigenvalue weighted by molar-refractivity contribution is 6.31. The maximum Gasteiger partial charge on any atom is 0.224 e. The summed E-state index contributed by atoms with van der Waals surface area (Å²) in [6, 6.07) is -0.464. The van der Waals surface area contributed by atoms with Gasteiger partial charge >= 0.3 is 0 Å². The predicted molar refractivity (Wildman–Crippen MR) is 96.8 cm³/mol. The van der Waals surface area contributed by atoms with Gasteiger partial charge in [0.25, 0.3) is 0 Å². The van der Waals surface area contributed by atoms with Crippen LogP contribution in [-0.4, -0.2) is 25.0 Å². The van der Waals surface area contributed by atoms with Crippen LogP contribution in [0.5, 0.6) is 0 Å². The van der Waals surface area contributed by atoms with Crippen LogP contribution in [0.25, 0.3) is 0 Å². The van der Waals surface area contributed by atoms with E-state index in [0.717, 1.165) is 36.4 Å². The molecule has 1 aliphatic carbocycles. The van der Waals surface area contributed by atoms with Crippen LogP contribution in [0.2, 0.25) is 0 Å². The van der Waals surface area contributed by atoms with E-state index in [4.69, 9.17) is 11.6 Å². The summed E-state index contributed by atoms with van der Waals surface area (Å²) >= 11 is 6.47. The molecule has 1 fully saturated rings. The molecule has 0 aromatic heterocycles. The zero-order valence-electron chi connectivity index (χ0n) is 13.8. The summed E-state index contributed by atoms with van der Waals surface area (Å²) < 4.78 is 0. The molecule has 5 heteroatoms. The Balaban J connectivity index is 1.78. The van der Waals surface area contributed by atoms with E-state index in [9.17, 15) is 4.79 Å². The molecule has 0 aromatic carbocycles. The first-order valence-electron chi connectivity index (χ1n) is 8.28. The normalized spacial score (nSPS) is 31.5. The highest BCUT2D eigenvalue weighted by Crippen LogP contribution is 2.26. The number of halogens is 1. The third-order valence-electron chi connectivity index (χ3n) is 4.71. The Kier molecular flexibility index (Phi) is 5.13. The third-order valence-corrected chi connectivity index (χ3v) is 5.03. The van der Waals surface area contributed by atoms with Crippen molar-refractivity contribution in [2.24, 2.45) is 11.8 Å². The topological polar surface area (TPSA) is 53.2 Å². The molecule has 0 bridgehead atoms. The largest absolute Gasteiger partial charge is 0.362 e. The van der Waals surface area contributed by atoms with Gasteiger partial charge in [-0.1, -0.05) is 36.9 Å². The van der Waals surface area contributed by atoms with Crippen molar-refractivity contribution in [2.75, 3.05) is 13.1 Å². The number of rotatable bonds is 2. The summed E-state index contributed by atoms with van der Waals surface area (Å²) in [4.78, 5) is 12.6. The fraction of sp³-hybridized carbons (Fsp3) is 0.421. The first-order chi connectivity index (χ1) is 11.6. The molecule has 2 heterocycles. The van der Waals surface area contributed by atoms with E-state index >= 15 is 0 Å². The molecule has 4 nitrogen and oxygen atoms in total. The van der Waals surface area contributed by atoms with Gasteiger partial charge in [0, 0.05) is 29.8 Å². The average molecular weight is 344 g/mol. The summed E-state index contributed by atoms with van der Waals surface area (Å²) in [5.41, 5.74) is 2.83. The van der Waals surface area contributed by atoms with Gasteiger partial charge in [-0.25, -0.2) is 0 Å². The molecule has 1 saturated heterocycles. The van der Waals surface area contributed by atoms with Crippen molar-refractivity contribution in [2.45, 2.75) is 25.8 Å². The standard InChI is InChI=1S/C19H22ClN3O/c1-12-11-21-8-7-15(12)19(24)23-18-5-3-4-14-6-9-22-13(2)16(14)10-17(18)20/h6,9-10,12,15,18,21-22H,2,4,7-8,11H2,1H3,(H,23,24)/b17-10+/t12-,15+,18?/m1/s1. The van der Waals surface area contributed by atoms with Crippen molar-refractivity contribution in [3.05, 3.63) is 46.8 Å². The molecule has 0 aromatic rings. The van der Waals surface area contributed by atoms with Gasteiger partial charge in [0.05, 0.1) is 5.03 Å². The van der Waals surface area contributed by atoms with E-state index in [2.05, 4.69) is 41.3 Å². The molecule has 126 valence electrons. The number of dihydropyridines is 1. The number of nitrogens with one attached hydrogen (secondary N) is 3. The minimum Gasteiger partial charge on any atom is -0.362 e. The summed E-state index contributed by atoms with van der Waals surface area (Å²) in [5.74, 6) is 6.56. The van der Waals surface area contributed by atoms with Gasteiger partial charge in [-0.2, -0.15) is 0 Å². The van der Waals surface area contributed by atoms with E-state index in [0.29, 0.717) is 17.4 Å². The average Bonchev–Trinajstić information content (AvgIpc) is 2.55. The van der Waals surface area contributed by atoms with Gasteiger partial charge in [-0.15, -0.1) is 0 Å². The number of allylic oxidation sites excluding steroid dienone is 3. The van der Waals surface area contributed by atoms with Crippen LogP contribution in [0, 0.1) is 23.7 Å². The Morgan fingerprint density at radius 3 is 3.12 bits per heavy atom. The lowest BCUT2D eigenvalue weighted by atomic mass is 9.87. The molecule has 3 rings (SSSR count). The van der Waals surface area contributed by atoms with E-state index in [1.165, 1.54) is 0 Å². The summed E-state index contributed by atoms with van der Waals surface area (Å²) in [6.45, 7) is 7.84. The lowest BCUT2D eigenvalue weighted by Gasteiger charge is -2.29. The number of amides is 1. The van der Waals surface area contributed by atoms with Crippen LogP contribution in [0.3, 0.4) is 0 Å². The number of carbonyl (C=O) groups excluding carboxylic acids is 1. The molecule has 1 amide bonds. The van der Waals surface area contributed by atoms with Gasteiger partial charge in [0.15, 0.2) is 0 Å². The van der Waals surface area contributed by atoms with E-state index in [-0.39, 0.29) is 11.8 Å². The predicted octanol–water partition coefficient (Wildman–Crippen LogP) is 2.17. The minimum absolute atomic E-state index is 0.00646. The SMILES string of the molecule is C=C1NC=CC2=C1/C=C(/Cl)C(NC(=O)[C@H]1CCNC[C@H]1C)C#CC2. The molecule has 0 spiro atoms. The maximum atomic E-state index is 12.6. The fourth-order valence-corrected chi connectivity index (χ4v) is 3.45. The van der Waals surface area contributed by atoms with Crippen molar-refractivity contribution in [3.63, 3.8) is 0 Å². The van der Waals surface area contributed by atoms with Crippen LogP contribution in [0.15, 0.2) is 46.8 Å². The smallest absolute Gasteiger partial charge is 0.224 e. The molecule has 0 saturated carbocycles. The highest BCUT2D eigenvalue weighted by atomic mass is 35.5. The van der Waals surface area contributed by atoms with Crippen LogP contribution in [-0.2, 0) is 4.79 Å². The molecule has 0 radical (unpaired) electrons. The van der Waals surface area contributed by atoms with Crippen LogP contribution >= 0.6 is 11.6 Å². The molecule has 3 aliphatic rings. The van der Waals surface area contributed by atoms with Crippen molar-refractivity contribution in [1.29, 1.82) is 0 Å². The highest BCUT2D eigenvalue weighted by Gasteiger charge is 2.29. The van der Waals surface area contributed by atoms with Crippen molar-refractivity contribution < 1.29 is 4.79 Å². The van der Waals surface area contributed by atoms with E-state index in [1.54, 1.807) is 0 Å². The van der Waals surface area contributed by atoms with Gasteiger partial charge in [-0.05, 0) is 43.2 Å². The monoisotopic (exact) mass is 343 g/mol. The Morgan fingerprint density at radius 1 is 1.50 bits per heavy atom. The first-order valence-corrected chi connectivity index (χ1v) is 8.66. The molecular formula is C19H22ClN3O. The van der Waals surface area contributed by atoms with E-state index < -0.39 is 6.04 Å². The zero-order chi connectivity index (χ0) is 17.1.